The summed E-state index contributed by atoms with van der Waals surface area (Å²) in [5.74, 6) is -0.280. The number of methoxy groups -OCH3 is 1. The van der Waals surface area contributed by atoms with Gasteiger partial charge in [0.2, 0.25) is 0 Å². The van der Waals surface area contributed by atoms with E-state index in [9.17, 15) is 4.79 Å². The molecule has 1 unspecified atom stereocenters. The molecule has 0 spiro atoms. The van der Waals surface area contributed by atoms with Crippen LogP contribution in [-0.2, 0) is 24.0 Å². The summed E-state index contributed by atoms with van der Waals surface area (Å²) < 4.78 is 5.10. The Bertz CT molecular complexity index is 874. The second-order valence-electron chi connectivity index (χ2n) is 7.93. The SMILES string of the molecule is CCCc1ccc(C(C)NC(=S)Nc2sc3c(c2C(=O)OC)CCCCCC3)cc1. The molecule has 0 saturated heterocycles. The molecule has 1 aliphatic carbocycles. The number of thiophene rings is 1. The number of aryl methyl sites for hydroxylation is 2. The van der Waals surface area contributed by atoms with Crippen LogP contribution in [0.15, 0.2) is 24.3 Å². The van der Waals surface area contributed by atoms with Gasteiger partial charge >= 0.3 is 5.97 Å². The molecule has 1 aromatic carbocycles. The molecular formula is C24H32N2O2S2. The summed E-state index contributed by atoms with van der Waals surface area (Å²) in [6, 6.07) is 8.75. The molecule has 1 aromatic heterocycles. The van der Waals surface area contributed by atoms with Gasteiger partial charge in [0.25, 0.3) is 0 Å². The summed E-state index contributed by atoms with van der Waals surface area (Å²) in [7, 11) is 1.44. The summed E-state index contributed by atoms with van der Waals surface area (Å²) in [6.07, 6.45) is 8.94. The first-order valence-electron chi connectivity index (χ1n) is 10.9. The topological polar surface area (TPSA) is 50.4 Å². The van der Waals surface area contributed by atoms with E-state index in [1.54, 1.807) is 11.3 Å². The van der Waals surface area contributed by atoms with Crippen molar-refractivity contribution in [1.82, 2.24) is 5.32 Å². The van der Waals surface area contributed by atoms with Crippen molar-refractivity contribution in [1.29, 1.82) is 0 Å². The standard InChI is InChI=1S/C24H32N2O2S2/c1-4-9-17-12-14-18(15-13-17)16(2)25-24(29)26-22-21(23(27)28-3)19-10-7-5-6-8-11-20(19)30-22/h12-16H,4-11H2,1-3H3,(H2,25,26,29). The number of anilines is 1. The fourth-order valence-electron chi connectivity index (χ4n) is 4.01. The number of hydrogen-bond acceptors (Lipinski definition) is 4. The van der Waals surface area contributed by atoms with E-state index in [1.165, 1.54) is 42.4 Å². The van der Waals surface area contributed by atoms with E-state index in [1.807, 2.05) is 0 Å². The Hall–Kier alpha value is -1.92. The van der Waals surface area contributed by atoms with Gasteiger partial charge in [-0.1, -0.05) is 50.5 Å². The minimum absolute atomic E-state index is 0.0724. The van der Waals surface area contributed by atoms with Crippen LogP contribution < -0.4 is 10.6 Å². The number of nitrogens with one attached hydrogen (secondary N) is 2. The fraction of sp³-hybridized carbons (Fsp3) is 0.500. The maximum Gasteiger partial charge on any atom is 0.341 e. The summed E-state index contributed by atoms with van der Waals surface area (Å²) in [6.45, 7) is 4.29. The molecular weight excluding hydrogens is 412 g/mol. The predicted octanol–water partition coefficient (Wildman–Crippen LogP) is 6.19. The number of fused-ring (bicyclic) bond motifs is 1. The molecule has 0 amide bonds. The van der Waals surface area contributed by atoms with Crippen LogP contribution in [0.2, 0.25) is 0 Å². The van der Waals surface area contributed by atoms with Gasteiger partial charge < -0.3 is 15.4 Å². The van der Waals surface area contributed by atoms with Crippen molar-refractivity contribution in [2.45, 2.75) is 71.3 Å². The Kier molecular flexibility index (Phi) is 8.28. The lowest BCUT2D eigenvalue weighted by Gasteiger charge is -2.18. The van der Waals surface area contributed by atoms with Crippen LogP contribution in [0.5, 0.6) is 0 Å². The summed E-state index contributed by atoms with van der Waals surface area (Å²) in [5, 5.41) is 7.98. The third-order valence-electron chi connectivity index (χ3n) is 5.65. The number of rotatable bonds is 6. The van der Waals surface area contributed by atoms with E-state index in [0.29, 0.717) is 10.7 Å². The van der Waals surface area contributed by atoms with E-state index >= 15 is 0 Å². The van der Waals surface area contributed by atoms with Crippen LogP contribution in [0.1, 0.15) is 83.9 Å². The summed E-state index contributed by atoms with van der Waals surface area (Å²) >= 11 is 7.24. The Morgan fingerprint density at radius 2 is 1.87 bits per heavy atom. The lowest BCUT2D eigenvalue weighted by molar-refractivity contribution is 0.0601. The summed E-state index contributed by atoms with van der Waals surface area (Å²) in [5.41, 5.74) is 4.36. The minimum atomic E-state index is -0.280. The molecule has 0 aliphatic heterocycles. The van der Waals surface area contributed by atoms with Gasteiger partial charge in [-0.2, -0.15) is 0 Å². The maximum absolute atomic E-state index is 12.6. The van der Waals surface area contributed by atoms with Crippen LogP contribution in [0, 0.1) is 0 Å². The van der Waals surface area contributed by atoms with Gasteiger partial charge in [-0.3, -0.25) is 0 Å². The molecule has 0 bridgehead atoms. The van der Waals surface area contributed by atoms with Gasteiger partial charge in [-0.05, 0) is 67.9 Å². The smallest absolute Gasteiger partial charge is 0.341 e. The van der Waals surface area contributed by atoms with E-state index in [-0.39, 0.29) is 12.0 Å². The molecule has 1 atom stereocenters. The summed E-state index contributed by atoms with van der Waals surface area (Å²) in [4.78, 5) is 13.8. The highest BCUT2D eigenvalue weighted by atomic mass is 32.1. The number of thiocarbonyl (C=S) groups is 1. The zero-order valence-corrected chi connectivity index (χ0v) is 19.8. The first-order chi connectivity index (χ1) is 14.5. The molecule has 1 heterocycles. The molecule has 0 radical (unpaired) electrons. The molecule has 4 nitrogen and oxygen atoms in total. The van der Waals surface area contributed by atoms with Crippen molar-refractivity contribution in [3.8, 4) is 0 Å². The van der Waals surface area contributed by atoms with Crippen molar-refractivity contribution in [3.05, 3.63) is 51.4 Å². The van der Waals surface area contributed by atoms with E-state index in [2.05, 4.69) is 48.7 Å². The third-order valence-corrected chi connectivity index (χ3v) is 7.08. The third kappa shape index (κ3) is 5.61. The van der Waals surface area contributed by atoms with Crippen LogP contribution in [0.3, 0.4) is 0 Å². The lowest BCUT2D eigenvalue weighted by atomic mass is 9.96. The zero-order chi connectivity index (χ0) is 21.5. The average Bonchev–Trinajstić information content (AvgIpc) is 3.04. The normalized spacial score (nSPS) is 14.8. The van der Waals surface area contributed by atoms with Crippen LogP contribution in [0.25, 0.3) is 0 Å². The second-order valence-corrected chi connectivity index (χ2v) is 9.44. The molecule has 30 heavy (non-hydrogen) atoms. The first-order valence-corrected chi connectivity index (χ1v) is 12.1. The van der Waals surface area contributed by atoms with Crippen molar-refractivity contribution >= 4 is 39.6 Å². The Balaban J connectivity index is 1.73. The minimum Gasteiger partial charge on any atom is -0.465 e. The Morgan fingerprint density at radius 1 is 1.17 bits per heavy atom. The van der Waals surface area contributed by atoms with Gasteiger partial charge in [0.1, 0.15) is 5.00 Å². The number of benzene rings is 1. The molecule has 1 aliphatic rings. The van der Waals surface area contributed by atoms with Gasteiger partial charge in [-0.15, -0.1) is 11.3 Å². The maximum atomic E-state index is 12.6. The molecule has 0 fully saturated rings. The molecule has 0 saturated carbocycles. The van der Waals surface area contributed by atoms with Crippen molar-refractivity contribution < 1.29 is 9.53 Å². The van der Waals surface area contributed by atoms with Crippen molar-refractivity contribution in [2.24, 2.45) is 0 Å². The van der Waals surface area contributed by atoms with Crippen LogP contribution in [0.4, 0.5) is 5.00 Å². The highest BCUT2D eigenvalue weighted by molar-refractivity contribution is 7.80. The van der Waals surface area contributed by atoms with Gasteiger partial charge in [0.05, 0.1) is 18.7 Å². The van der Waals surface area contributed by atoms with Crippen LogP contribution in [-0.4, -0.2) is 18.2 Å². The van der Waals surface area contributed by atoms with Gasteiger partial charge in [0, 0.05) is 4.88 Å². The van der Waals surface area contributed by atoms with E-state index in [4.69, 9.17) is 17.0 Å². The van der Waals surface area contributed by atoms with Crippen LogP contribution >= 0.6 is 23.6 Å². The van der Waals surface area contributed by atoms with Crippen molar-refractivity contribution in [3.63, 3.8) is 0 Å². The monoisotopic (exact) mass is 444 g/mol. The first kappa shape index (κ1) is 22.8. The lowest BCUT2D eigenvalue weighted by Crippen LogP contribution is -2.31. The average molecular weight is 445 g/mol. The molecule has 162 valence electrons. The quantitative estimate of drug-likeness (QED) is 0.411. The molecule has 2 N–H and O–H groups in total. The van der Waals surface area contributed by atoms with E-state index < -0.39 is 0 Å². The number of hydrogen-bond donors (Lipinski definition) is 2. The van der Waals surface area contributed by atoms with Gasteiger partial charge in [0.15, 0.2) is 5.11 Å². The Labute approximate surface area is 189 Å². The molecule has 2 aromatic rings. The number of carbonyl (C=O) groups excluding carboxylic acids is 1. The fourth-order valence-corrected chi connectivity index (χ4v) is 5.63. The number of esters is 1. The van der Waals surface area contributed by atoms with Gasteiger partial charge in [-0.25, -0.2) is 4.79 Å². The highest BCUT2D eigenvalue weighted by Crippen LogP contribution is 2.37. The zero-order valence-electron chi connectivity index (χ0n) is 18.2. The second kappa shape index (κ2) is 10.9. The number of ether oxygens (including phenoxy) is 1. The highest BCUT2D eigenvalue weighted by Gasteiger charge is 2.25. The number of carbonyl (C=O) groups is 1. The van der Waals surface area contributed by atoms with Crippen molar-refractivity contribution in [2.75, 3.05) is 12.4 Å². The molecule has 6 heteroatoms. The van der Waals surface area contributed by atoms with E-state index in [0.717, 1.165) is 42.7 Å². The predicted molar refractivity (Wildman–Crippen MR) is 130 cm³/mol. The molecule has 3 rings (SSSR count). The largest absolute Gasteiger partial charge is 0.465 e. The Morgan fingerprint density at radius 3 is 2.53 bits per heavy atom.